The van der Waals surface area contributed by atoms with Gasteiger partial charge in [-0.3, -0.25) is 0 Å². The molecule has 11 heavy (non-hydrogen) atoms. The zero-order chi connectivity index (χ0) is 8.27. The molecule has 60 valence electrons. The lowest BCUT2D eigenvalue weighted by molar-refractivity contribution is 0.354. The Morgan fingerprint density at radius 1 is 1.36 bits per heavy atom. The van der Waals surface area contributed by atoms with Crippen LogP contribution in [-0.2, 0) is 0 Å². The first-order chi connectivity index (χ1) is 5.25. The SMILES string of the molecule is NC[C@H](F)c1ccccc1N. The first-order valence-electron chi connectivity index (χ1n) is 3.44. The van der Waals surface area contributed by atoms with E-state index in [1.807, 2.05) is 0 Å². The molecule has 1 aromatic rings. The van der Waals surface area contributed by atoms with Gasteiger partial charge in [-0.1, -0.05) is 18.2 Å². The van der Waals surface area contributed by atoms with Gasteiger partial charge in [-0.05, 0) is 6.07 Å². The molecule has 3 heteroatoms. The zero-order valence-electron chi connectivity index (χ0n) is 6.13. The molecule has 0 amide bonds. The Morgan fingerprint density at radius 2 is 2.00 bits per heavy atom. The number of rotatable bonds is 2. The Bertz CT molecular complexity index is 237. The summed E-state index contributed by atoms with van der Waals surface area (Å²) in [4.78, 5) is 0. The topological polar surface area (TPSA) is 52.0 Å². The highest BCUT2D eigenvalue weighted by Crippen LogP contribution is 2.21. The molecule has 0 aliphatic carbocycles. The third kappa shape index (κ3) is 1.68. The molecule has 0 spiro atoms. The average Bonchev–Trinajstić information content (AvgIpc) is 2.04. The average molecular weight is 154 g/mol. The Labute approximate surface area is 65.0 Å². The number of nitrogen functional groups attached to an aromatic ring is 1. The van der Waals surface area contributed by atoms with Crippen molar-refractivity contribution in [2.75, 3.05) is 12.3 Å². The van der Waals surface area contributed by atoms with Gasteiger partial charge in [-0.25, -0.2) is 4.39 Å². The minimum atomic E-state index is -1.14. The largest absolute Gasteiger partial charge is 0.398 e. The molecule has 0 bridgehead atoms. The van der Waals surface area contributed by atoms with Crippen LogP contribution in [0.4, 0.5) is 10.1 Å². The van der Waals surface area contributed by atoms with E-state index in [0.29, 0.717) is 11.3 Å². The standard InChI is InChI=1S/C8H11FN2/c9-7(5-10)6-3-1-2-4-8(6)11/h1-4,7H,5,10-11H2/t7-/m0/s1. The Kier molecular flexibility index (Phi) is 2.44. The van der Waals surface area contributed by atoms with Gasteiger partial charge in [0.15, 0.2) is 0 Å². The van der Waals surface area contributed by atoms with Crippen molar-refractivity contribution in [3.05, 3.63) is 29.8 Å². The molecular weight excluding hydrogens is 143 g/mol. The van der Waals surface area contributed by atoms with Crippen LogP contribution in [0.3, 0.4) is 0 Å². The van der Waals surface area contributed by atoms with Gasteiger partial charge in [0, 0.05) is 17.8 Å². The number of hydrogen-bond donors (Lipinski definition) is 2. The summed E-state index contributed by atoms with van der Waals surface area (Å²) >= 11 is 0. The third-order valence-electron chi connectivity index (χ3n) is 1.54. The lowest BCUT2D eigenvalue weighted by Crippen LogP contribution is -2.09. The highest BCUT2D eigenvalue weighted by atomic mass is 19.1. The predicted molar refractivity (Wildman–Crippen MR) is 43.8 cm³/mol. The number of nitrogens with two attached hydrogens (primary N) is 2. The maximum Gasteiger partial charge on any atom is 0.139 e. The van der Waals surface area contributed by atoms with E-state index in [-0.39, 0.29) is 6.54 Å². The quantitative estimate of drug-likeness (QED) is 0.629. The molecule has 4 N–H and O–H groups in total. The minimum absolute atomic E-state index is 0.0196. The highest BCUT2D eigenvalue weighted by molar-refractivity contribution is 5.47. The highest BCUT2D eigenvalue weighted by Gasteiger charge is 2.08. The van der Waals surface area contributed by atoms with E-state index in [9.17, 15) is 4.39 Å². The molecule has 0 aromatic heterocycles. The molecule has 0 saturated heterocycles. The molecule has 0 aliphatic heterocycles. The maximum absolute atomic E-state index is 12.9. The number of hydrogen-bond acceptors (Lipinski definition) is 2. The fourth-order valence-corrected chi connectivity index (χ4v) is 0.923. The van der Waals surface area contributed by atoms with Crippen LogP contribution >= 0.6 is 0 Å². The van der Waals surface area contributed by atoms with Gasteiger partial charge >= 0.3 is 0 Å². The van der Waals surface area contributed by atoms with Crippen molar-refractivity contribution < 1.29 is 4.39 Å². The van der Waals surface area contributed by atoms with Crippen molar-refractivity contribution in [3.63, 3.8) is 0 Å². The second kappa shape index (κ2) is 3.34. The van der Waals surface area contributed by atoms with Crippen LogP contribution < -0.4 is 11.5 Å². The van der Waals surface area contributed by atoms with Gasteiger partial charge in [0.1, 0.15) is 6.17 Å². The van der Waals surface area contributed by atoms with Crippen LogP contribution in [0.25, 0.3) is 0 Å². The van der Waals surface area contributed by atoms with Gasteiger partial charge in [0.25, 0.3) is 0 Å². The van der Waals surface area contributed by atoms with Gasteiger partial charge in [0.2, 0.25) is 0 Å². The molecule has 1 rings (SSSR count). The summed E-state index contributed by atoms with van der Waals surface area (Å²) in [6.45, 7) is -0.0196. The summed E-state index contributed by atoms with van der Waals surface area (Å²) in [5, 5.41) is 0. The van der Waals surface area contributed by atoms with E-state index in [1.54, 1.807) is 24.3 Å². The molecule has 0 aliphatic rings. The van der Waals surface area contributed by atoms with Crippen molar-refractivity contribution in [2.24, 2.45) is 5.73 Å². The van der Waals surface area contributed by atoms with E-state index in [4.69, 9.17) is 11.5 Å². The summed E-state index contributed by atoms with van der Waals surface area (Å²) < 4.78 is 12.9. The monoisotopic (exact) mass is 154 g/mol. The summed E-state index contributed by atoms with van der Waals surface area (Å²) in [5.41, 5.74) is 11.6. The van der Waals surface area contributed by atoms with E-state index < -0.39 is 6.17 Å². The minimum Gasteiger partial charge on any atom is -0.398 e. The van der Waals surface area contributed by atoms with Crippen molar-refractivity contribution >= 4 is 5.69 Å². The Balaban J connectivity index is 2.93. The first-order valence-corrected chi connectivity index (χ1v) is 3.44. The molecule has 0 radical (unpaired) electrons. The van der Waals surface area contributed by atoms with Crippen LogP contribution in [0, 0.1) is 0 Å². The van der Waals surface area contributed by atoms with Crippen LogP contribution in [0.2, 0.25) is 0 Å². The van der Waals surface area contributed by atoms with Crippen molar-refractivity contribution in [3.8, 4) is 0 Å². The second-order valence-corrected chi connectivity index (χ2v) is 2.33. The Morgan fingerprint density at radius 3 is 2.55 bits per heavy atom. The molecule has 0 unspecified atom stereocenters. The van der Waals surface area contributed by atoms with Gasteiger partial charge in [-0.15, -0.1) is 0 Å². The molecule has 0 fully saturated rings. The van der Waals surface area contributed by atoms with E-state index in [1.165, 1.54) is 0 Å². The third-order valence-corrected chi connectivity index (χ3v) is 1.54. The normalized spacial score (nSPS) is 12.9. The molecule has 0 heterocycles. The number of halogens is 1. The fourth-order valence-electron chi connectivity index (χ4n) is 0.923. The molecule has 1 atom stereocenters. The van der Waals surface area contributed by atoms with Crippen LogP contribution in [0.15, 0.2) is 24.3 Å². The smallest absolute Gasteiger partial charge is 0.139 e. The van der Waals surface area contributed by atoms with Gasteiger partial charge in [-0.2, -0.15) is 0 Å². The van der Waals surface area contributed by atoms with Crippen LogP contribution in [0.1, 0.15) is 11.7 Å². The van der Waals surface area contributed by atoms with Gasteiger partial charge < -0.3 is 11.5 Å². The lowest BCUT2D eigenvalue weighted by atomic mass is 10.1. The van der Waals surface area contributed by atoms with Crippen LogP contribution in [-0.4, -0.2) is 6.54 Å². The number of benzene rings is 1. The van der Waals surface area contributed by atoms with Crippen molar-refractivity contribution in [1.82, 2.24) is 0 Å². The van der Waals surface area contributed by atoms with Gasteiger partial charge in [0.05, 0.1) is 0 Å². The molecule has 1 aromatic carbocycles. The van der Waals surface area contributed by atoms with E-state index >= 15 is 0 Å². The summed E-state index contributed by atoms with van der Waals surface area (Å²) in [6, 6.07) is 6.82. The van der Waals surface area contributed by atoms with E-state index in [0.717, 1.165) is 0 Å². The van der Waals surface area contributed by atoms with Crippen LogP contribution in [0.5, 0.6) is 0 Å². The summed E-state index contributed by atoms with van der Waals surface area (Å²) in [6.07, 6.45) is -1.14. The van der Waals surface area contributed by atoms with Crippen molar-refractivity contribution in [1.29, 1.82) is 0 Å². The predicted octanol–water partition coefficient (Wildman–Crippen LogP) is 1.24. The summed E-state index contributed by atoms with van der Waals surface area (Å²) in [7, 11) is 0. The molecular formula is C8H11FN2. The maximum atomic E-state index is 12.9. The second-order valence-electron chi connectivity index (χ2n) is 2.33. The number of alkyl halides is 1. The molecule has 2 nitrogen and oxygen atoms in total. The number of anilines is 1. The fraction of sp³-hybridized carbons (Fsp3) is 0.250. The van der Waals surface area contributed by atoms with Crippen molar-refractivity contribution in [2.45, 2.75) is 6.17 Å². The number of para-hydroxylation sites is 1. The van der Waals surface area contributed by atoms with E-state index in [2.05, 4.69) is 0 Å². The molecule has 0 saturated carbocycles. The zero-order valence-corrected chi connectivity index (χ0v) is 6.13. The Hall–Kier alpha value is -1.09. The summed E-state index contributed by atoms with van der Waals surface area (Å²) in [5.74, 6) is 0. The lowest BCUT2D eigenvalue weighted by Gasteiger charge is -2.07. The first kappa shape index (κ1) is 8.01.